The van der Waals surface area contributed by atoms with Crippen molar-refractivity contribution in [3.63, 3.8) is 0 Å². The van der Waals surface area contributed by atoms with Crippen molar-refractivity contribution in [1.29, 1.82) is 0 Å². The van der Waals surface area contributed by atoms with Gasteiger partial charge in [-0.25, -0.2) is 0 Å². The molecule has 0 aliphatic heterocycles. The average molecular weight is 415 g/mol. The lowest BCUT2D eigenvalue weighted by Gasteiger charge is -2.12. The van der Waals surface area contributed by atoms with E-state index in [0.717, 1.165) is 18.4 Å². The van der Waals surface area contributed by atoms with Crippen molar-refractivity contribution in [2.45, 2.75) is 37.8 Å². The first-order chi connectivity index (χ1) is 13.7. The molecule has 0 spiro atoms. The second-order valence-electron chi connectivity index (χ2n) is 6.91. The zero-order valence-corrected chi connectivity index (χ0v) is 16.6. The van der Waals surface area contributed by atoms with Crippen molar-refractivity contribution in [2.75, 3.05) is 5.32 Å². The van der Waals surface area contributed by atoms with Gasteiger partial charge in [-0.1, -0.05) is 35.5 Å². The largest absolute Gasteiger partial charge is 0.485 e. The summed E-state index contributed by atoms with van der Waals surface area (Å²) in [6, 6.07) is 16.4. The summed E-state index contributed by atoms with van der Waals surface area (Å²) in [6.07, 6.45) is 2.45. The van der Waals surface area contributed by atoms with Gasteiger partial charge in [-0.2, -0.15) is 4.98 Å². The number of ether oxygens (including phenoxy) is 1. The minimum atomic E-state index is -0.334. The van der Waals surface area contributed by atoms with Crippen molar-refractivity contribution >= 4 is 24.0 Å². The lowest BCUT2D eigenvalue weighted by atomic mass is 10.0. The maximum absolute atomic E-state index is 12.2. The second-order valence-corrected chi connectivity index (χ2v) is 6.91. The van der Waals surface area contributed by atoms with Gasteiger partial charge in [-0.15, -0.1) is 12.4 Å². The number of benzene rings is 2. The Morgan fingerprint density at radius 3 is 2.59 bits per heavy atom. The first-order valence-electron chi connectivity index (χ1n) is 9.33. The molecule has 1 heterocycles. The Labute approximate surface area is 175 Å². The number of anilines is 1. The summed E-state index contributed by atoms with van der Waals surface area (Å²) in [5, 5.41) is 6.77. The van der Waals surface area contributed by atoms with E-state index in [0.29, 0.717) is 29.1 Å². The lowest BCUT2D eigenvalue weighted by molar-refractivity contribution is -0.116. The molecule has 1 unspecified atom stereocenters. The standard InChI is InChI=1S/C21H22N4O3.ClH/c22-18(14-4-2-1-3-5-14)12-20(26)23-16-8-10-17(11-9-16)27-13-19-24-21(28-25-19)15-6-7-15;/h1-5,8-11,15,18H,6-7,12-13,22H2,(H,23,26);1H. The molecule has 1 fully saturated rings. The highest BCUT2D eigenvalue weighted by molar-refractivity contribution is 5.91. The van der Waals surface area contributed by atoms with E-state index in [1.54, 1.807) is 24.3 Å². The number of aromatic nitrogens is 2. The van der Waals surface area contributed by atoms with Crippen molar-refractivity contribution in [2.24, 2.45) is 5.73 Å². The molecule has 2 aromatic carbocycles. The summed E-state index contributed by atoms with van der Waals surface area (Å²) in [5.74, 6) is 2.19. The van der Waals surface area contributed by atoms with Gasteiger partial charge in [0.2, 0.25) is 17.6 Å². The van der Waals surface area contributed by atoms with Gasteiger partial charge in [-0.3, -0.25) is 4.79 Å². The zero-order valence-electron chi connectivity index (χ0n) is 15.8. The lowest BCUT2D eigenvalue weighted by Crippen LogP contribution is -2.20. The van der Waals surface area contributed by atoms with Crippen molar-refractivity contribution in [3.05, 3.63) is 71.9 Å². The predicted molar refractivity (Wildman–Crippen MR) is 111 cm³/mol. The van der Waals surface area contributed by atoms with E-state index in [1.807, 2.05) is 30.3 Å². The summed E-state index contributed by atoms with van der Waals surface area (Å²) >= 11 is 0. The topological polar surface area (TPSA) is 103 Å². The van der Waals surface area contributed by atoms with Gasteiger partial charge in [0, 0.05) is 24.1 Å². The van der Waals surface area contributed by atoms with Crippen LogP contribution in [0.2, 0.25) is 0 Å². The van der Waals surface area contributed by atoms with Crippen LogP contribution in [0.4, 0.5) is 5.69 Å². The summed E-state index contributed by atoms with van der Waals surface area (Å²) in [7, 11) is 0. The van der Waals surface area contributed by atoms with Gasteiger partial charge in [-0.05, 0) is 42.7 Å². The molecule has 152 valence electrons. The van der Waals surface area contributed by atoms with Gasteiger partial charge in [0.15, 0.2) is 6.61 Å². The highest BCUT2D eigenvalue weighted by Gasteiger charge is 2.29. The van der Waals surface area contributed by atoms with E-state index in [4.69, 9.17) is 15.0 Å². The van der Waals surface area contributed by atoms with Crippen LogP contribution in [0.25, 0.3) is 0 Å². The monoisotopic (exact) mass is 414 g/mol. The molecule has 1 aliphatic carbocycles. The molecule has 3 N–H and O–H groups in total. The fourth-order valence-electron chi connectivity index (χ4n) is 2.83. The van der Waals surface area contributed by atoms with Gasteiger partial charge >= 0.3 is 0 Å². The Bertz CT molecular complexity index is 927. The highest BCUT2D eigenvalue weighted by Crippen LogP contribution is 2.38. The maximum Gasteiger partial charge on any atom is 0.229 e. The molecule has 1 aliphatic rings. The molecule has 1 saturated carbocycles. The number of carbonyl (C=O) groups excluding carboxylic acids is 1. The summed E-state index contributed by atoms with van der Waals surface area (Å²) in [5.41, 5.74) is 7.72. The van der Waals surface area contributed by atoms with E-state index < -0.39 is 0 Å². The highest BCUT2D eigenvalue weighted by atomic mass is 35.5. The summed E-state index contributed by atoms with van der Waals surface area (Å²) in [4.78, 5) is 16.5. The Kier molecular flexibility index (Phi) is 6.85. The molecule has 0 radical (unpaired) electrons. The summed E-state index contributed by atoms with van der Waals surface area (Å²) in [6.45, 7) is 0.244. The number of hydrogen-bond acceptors (Lipinski definition) is 6. The van der Waals surface area contributed by atoms with Crippen LogP contribution in [0.5, 0.6) is 5.75 Å². The number of nitrogens with one attached hydrogen (secondary N) is 1. The number of halogens is 1. The fraction of sp³-hybridized carbons (Fsp3) is 0.286. The minimum absolute atomic E-state index is 0. The fourth-order valence-corrected chi connectivity index (χ4v) is 2.83. The van der Waals surface area contributed by atoms with E-state index in [2.05, 4.69) is 15.5 Å². The predicted octanol–water partition coefficient (Wildman–Crippen LogP) is 3.98. The first-order valence-corrected chi connectivity index (χ1v) is 9.33. The van der Waals surface area contributed by atoms with Crippen molar-refractivity contribution < 1.29 is 14.1 Å². The Morgan fingerprint density at radius 1 is 1.17 bits per heavy atom. The third-order valence-corrected chi connectivity index (χ3v) is 4.55. The third kappa shape index (κ3) is 5.79. The van der Waals surface area contributed by atoms with E-state index in [9.17, 15) is 4.79 Å². The molecule has 1 aromatic heterocycles. The third-order valence-electron chi connectivity index (χ3n) is 4.55. The zero-order chi connectivity index (χ0) is 19.3. The average Bonchev–Trinajstić information content (AvgIpc) is 3.46. The molecule has 0 bridgehead atoms. The van der Waals surface area contributed by atoms with E-state index >= 15 is 0 Å². The molecule has 4 rings (SSSR count). The molecule has 29 heavy (non-hydrogen) atoms. The molecule has 1 amide bonds. The van der Waals surface area contributed by atoms with Gasteiger partial charge in [0.25, 0.3) is 0 Å². The Morgan fingerprint density at radius 2 is 1.90 bits per heavy atom. The van der Waals surface area contributed by atoms with Crippen LogP contribution < -0.4 is 15.8 Å². The number of amides is 1. The number of nitrogens with two attached hydrogens (primary N) is 1. The van der Waals surface area contributed by atoms with Crippen LogP contribution in [0.15, 0.2) is 59.1 Å². The SMILES string of the molecule is Cl.NC(CC(=O)Nc1ccc(OCc2noc(C3CC3)n2)cc1)c1ccccc1. The van der Waals surface area contributed by atoms with Crippen molar-refractivity contribution in [3.8, 4) is 5.75 Å². The maximum atomic E-state index is 12.2. The number of hydrogen-bond donors (Lipinski definition) is 2. The van der Waals surface area contributed by atoms with Gasteiger partial charge in [0.1, 0.15) is 5.75 Å². The second kappa shape index (κ2) is 9.54. The molecule has 7 nitrogen and oxygen atoms in total. The Hall–Kier alpha value is -2.90. The van der Waals surface area contributed by atoms with E-state index in [1.165, 1.54) is 0 Å². The van der Waals surface area contributed by atoms with E-state index in [-0.39, 0.29) is 37.4 Å². The number of rotatable bonds is 8. The Balaban J connectivity index is 0.00000240. The molecular formula is C21H23ClN4O3. The van der Waals surface area contributed by atoms with Crippen molar-refractivity contribution in [1.82, 2.24) is 10.1 Å². The molecule has 8 heteroatoms. The first kappa shape index (κ1) is 20.8. The van der Waals surface area contributed by atoms with Crippen LogP contribution >= 0.6 is 12.4 Å². The van der Waals surface area contributed by atoms with Crippen LogP contribution in [0.3, 0.4) is 0 Å². The van der Waals surface area contributed by atoms with Crippen LogP contribution in [-0.4, -0.2) is 16.0 Å². The van der Waals surface area contributed by atoms with Crippen LogP contribution in [0, 0.1) is 0 Å². The van der Waals surface area contributed by atoms with Crippen LogP contribution in [0.1, 0.15) is 48.5 Å². The molecule has 1 atom stereocenters. The molecule has 3 aromatic rings. The van der Waals surface area contributed by atoms with Crippen LogP contribution in [-0.2, 0) is 11.4 Å². The minimum Gasteiger partial charge on any atom is -0.485 e. The summed E-state index contributed by atoms with van der Waals surface area (Å²) < 4.78 is 10.9. The van der Waals surface area contributed by atoms with Gasteiger partial charge in [0.05, 0.1) is 0 Å². The smallest absolute Gasteiger partial charge is 0.229 e. The number of nitrogens with zero attached hydrogens (tertiary/aromatic N) is 2. The quantitative estimate of drug-likeness (QED) is 0.577. The molecule has 0 saturated heterocycles. The number of carbonyl (C=O) groups is 1. The molecular weight excluding hydrogens is 392 g/mol. The van der Waals surface area contributed by atoms with Gasteiger partial charge < -0.3 is 20.3 Å². The normalized spacial score (nSPS) is 14.0.